The number of hydrogen-bond donors (Lipinski definition) is 2. The van der Waals surface area contributed by atoms with Gasteiger partial charge in [0.1, 0.15) is 0 Å². The van der Waals surface area contributed by atoms with E-state index >= 15 is 0 Å². The van der Waals surface area contributed by atoms with Crippen LogP contribution in [0.2, 0.25) is 0 Å². The summed E-state index contributed by atoms with van der Waals surface area (Å²) in [6.45, 7) is 2.19. The fourth-order valence-corrected chi connectivity index (χ4v) is 2.61. The molecule has 0 radical (unpaired) electrons. The molecule has 0 saturated carbocycles. The molecule has 17 heavy (non-hydrogen) atoms. The summed E-state index contributed by atoms with van der Waals surface area (Å²) in [6, 6.07) is 2.11. The predicted octanol–water partition coefficient (Wildman–Crippen LogP) is 1.88. The summed E-state index contributed by atoms with van der Waals surface area (Å²) >= 11 is 0. The molecule has 0 aliphatic carbocycles. The number of piperidine rings is 1. The molecule has 1 aliphatic rings. The summed E-state index contributed by atoms with van der Waals surface area (Å²) in [4.78, 5) is 3.11. The molecule has 0 bridgehead atoms. The van der Waals surface area contributed by atoms with Crippen LogP contribution in [0.1, 0.15) is 24.5 Å². The monoisotopic (exact) mass is 230 g/mol. The maximum absolute atomic E-state index is 4.65. The first kappa shape index (κ1) is 10.6. The lowest BCUT2D eigenvalue weighted by Gasteiger charge is -2.21. The van der Waals surface area contributed by atoms with Crippen molar-refractivity contribution in [1.82, 2.24) is 20.1 Å². The Morgan fingerprint density at radius 3 is 3.12 bits per heavy atom. The second-order valence-electron chi connectivity index (χ2n) is 4.74. The normalized spacial score (nSPS) is 20.6. The van der Waals surface area contributed by atoms with Crippen molar-refractivity contribution in [2.24, 2.45) is 7.05 Å². The van der Waals surface area contributed by atoms with Gasteiger partial charge in [-0.1, -0.05) is 0 Å². The number of hydrogen-bond acceptors (Lipinski definition) is 2. The lowest BCUT2D eigenvalue weighted by molar-refractivity contribution is 0.452. The van der Waals surface area contributed by atoms with E-state index in [9.17, 15) is 0 Å². The Kier molecular flexibility index (Phi) is 2.73. The van der Waals surface area contributed by atoms with E-state index in [1.165, 1.54) is 29.7 Å². The third kappa shape index (κ3) is 2.00. The molecule has 0 amide bonds. The number of aryl methyl sites for hydroxylation is 1. The average Bonchev–Trinajstić information content (AvgIpc) is 2.98. The maximum atomic E-state index is 4.65. The van der Waals surface area contributed by atoms with Crippen LogP contribution in [0.15, 0.2) is 24.7 Å². The summed E-state index contributed by atoms with van der Waals surface area (Å²) in [6.07, 6.45) is 8.60. The van der Waals surface area contributed by atoms with E-state index in [-0.39, 0.29) is 0 Å². The summed E-state index contributed by atoms with van der Waals surface area (Å²) in [5.41, 5.74) is 3.74. The zero-order chi connectivity index (χ0) is 11.7. The Balaban J connectivity index is 1.98. The van der Waals surface area contributed by atoms with Crippen molar-refractivity contribution in [3.05, 3.63) is 30.4 Å². The largest absolute Gasteiger partial charge is 0.367 e. The molecular weight excluding hydrogens is 212 g/mol. The minimum absolute atomic E-state index is 0.551. The molecule has 3 heterocycles. The lowest BCUT2D eigenvalue weighted by atomic mass is 9.92. The molecule has 1 saturated heterocycles. The number of nitrogens with one attached hydrogen (secondary N) is 2. The fraction of sp³-hybridized carbons (Fsp3) is 0.462. The van der Waals surface area contributed by atoms with E-state index < -0.39 is 0 Å². The Bertz CT molecular complexity index is 477. The molecule has 3 rings (SSSR count). The van der Waals surface area contributed by atoms with Gasteiger partial charge in [0, 0.05) is 49.2 Å². The van der Waals surface area contributed by atoms with E-state index in [2.05, 4.69) is 27.7 Å². The van der Waals surface area contributed by atoms with Crippen molar-refractivity contribution in [3.8, 4) is 11.1 Å². The molecule has 2 aromatic heterocycles. The molecule has 90 valence electrons. The molecule has 1 aliphatic heterocycles. The van der Waals surface area contributed by atoms with Crippen LogP contribution in [-0.4, -0.2) is 27.9 Å². The molecule has 2 aromatic rings. The van der Waals surface area contributed by atoms with Gasteiger partial charge in [0.05, 0.1) is 5.69 Å². The molecule has 4 nitrogen and oxygen atoms in total. The van der Waals surface area contributed by atoms with Gasteiger partial charge in [-0.2, -0.15) is 5.10 Å². The van der Waals surface area contributed by atoms with Crippen LogP contribution in [0.5, 0.6) is 0 Å². The third-order valence-electron chi connectivity index (χ3n) is 3.45. The summed E-state index contributed by atoms with van der Waals surface area (Å²) < 4.78 is 1.92. The SMILES string of the molecule is Cn1cc(-c2cc[nH]c2)c(C2CCCNC2)n1. The second-order valence-corrected chi connectivity index (χ2v) is 4.74. The maximum Gasteiger partial charge on any atom is 0.0746 e. The van der Waals surface area contributed by atoms with Crippen molar-refractivity contribution in [2.75, 3.05) is 13.1 Å². The minimum Gasteiger partial charge on any atom is -0.367 e. The third-order valence-corrected chi connectivity index (χ3v) is 3.45. The number of nitrogens with zero attached hydrogens (tertiary/aromatic N) is 2. The first-order valence-corrected chi connectivity index (χ1v) is 6.22. The van der Waals surface area contributed by atoms with E-state index in [4.69, 9.17) is 0 Å². The topological polar surface area (TPSA) is 45.6 Å². The Hall–Kier alpha value is -1.55. The highest BCUT2D eigenvalue weighted by atomic mass is 15.3. The molecular formula is C13H18N4. The smallest absolute Gasteiger partial charge is 0.0746 e. The van der Waals surface area contributed by atoms with Gasteiger partial charge in [-0.25, -0.2) is 0 Å². The van der Waals surface area contributed by atoms with Gasteiger partial charge in [0.15, 0.2) is 0 Å². The lowest BCUT2D eigenvalue weighted by Crippen LogP contribution is -2.28. The van der Waals surface area contributed by atoms with Crippen LogP contribution >= 0.6 is 0 Å². The van der Waals surface area contributed by atoms with Crippen molar-refractivity contribution >= 4 is 0 Å². The van der Waals surface area contributed by atoms with Gasteiger partial charge < -0.3 is 10.3 Å². The van der Waals surface area contributed by atoms with Crippen molar-refractivity contribution in [3.63, 3.8) is 0 Å². The number of rotatable bonds is 2. The first-order valence-electron chi connectivity index (χ1n) is 6.22. The first-order chi connectivity index (χ1) is 8.34. The molecule has 1 unspecified atom stereocenters. The van der Waals surface area contributed by atoms with E-state index in [1.54, 1.807) is 0 Å². The van der Waals surface area contributed by atoms with E-state index in [0.717, 1.165) is 13.1 Å². The molecule has 0 spiro atoms. The fourth-order valence-electron chi connectivity index (χ4n) is 2.61. The second kappa shape index (κ2) is 4.37. The van der Waals surface area contributed by atoms with Crippen molar-refractivity contribution in [2.45, 2.75) is 18.8 Å². The molecule has 1 fully saturated rings. The number of aromatic amines is 1. The zero-order valence-corrected chi connectivity index (χ0v) is 10.1. The van der Waals surface area contributed by atoms with Crippen LogP contribution in [0, 0.1) is 0 Å². The summed E-state index contributed by atoms with van der Waals surface area (Å²) in [7, 11) is 2.00. The van der Waals surface area contributed by atoms with E-state index in [1.807, 2.05) is 24.1 Å². The number of H-pyrrole nitrogens is 1. The van der Waals surface area contributed by atoms with Gasteiger partial charge in [-0.05, 0) is 25.5 Å². The van der Waals surface area contributed by atoms with Gasteiger partial charge in [0.25, 0.3) is 0 Å². The molecule has 2 N–H and O–H groups in total. The highest BCUT2D eigenvalue weighted by Gasteiger charge is 2.22. The van der Waals surface area contributed by atoms with Gasteiger partial charge >= 0.3 is 0 Å². The van der Waals surface area contributed by atoms with E-state index in [0.29, 0.717) is 5.92 Å². The van der Waals surface area contributed by atoms with Gasteiger partial charge in [-0.3, -0.25) is 4.68 Å². The molecule has 1 atom stereocenters. The standard InChI is InChI=1S/C13H18N4/c1-17-9-12(10-4-6-15-7-10)13(16-17)11-3-2-5-14-8-11/h4,6-7,9,11,14-15H,2-3,5,8H2,1H3. The van der Waals surface area contributed by atoms with Gasteiger partial charge in [-0.15, -0.1) is 0 Å². The molecule has 0 aromatic carbocycles. The highest BCUT2D eigenvalue weighted by molar-refractivity contribution is 5.65. The van der Waals surface area contributed by atoms with Crippen LogP contribution in [0.25, 0.3) is 11.1 Å². The Morgan fingerprint density at radius 2 is 2.41 bits per heavy atom. The van der Waals surface area contributed by atoms with Crippen LogP contribution < -0.4 is 5.32 Å². The Morgan fingerprint density at radius 1 is 1.47 bits per heavy atom. The van der Waals surface area contributed by atoms with Crippen LogP contribution in [-0.2, 0) is 7.05 Å². The molecule has 4 heteroatoms. The Labute approximate surface area is 101 Å². The number of aromatic nitrogens is 3. The van der Waals surface area contributed by atoms with Crippen molar-refractivity contribution < 1.29 is 0 Å². The van der Waals surface area contributed by atoms with Gasteiger partial charge in [0.2, 0.25) is 0 Å². The highest BCUT2D eigenvalue weighted by Crippen LogP contribution is 2.31. The van der Waals surface area contributed by atoms with Crippen LogP contribution in [0.4, 0.5) is 0 Å². The summed E-state index contributed by atoms with van der Waals surface area (Å²) in [5.74, 6) is 0.551. The average molecular weight is 230 g/mol. The summed E-state index contributed by atoms with van der Waals surface area (Å²) in [5, 5.41) is 8.11. The minimum atomic E-state index is 0.551. The zero-order valence-electron chi connectivity index (χ0n) is 10.1. The van der Waals surface area contributed by atoms with Crippen LogP contribution in [0.3, 0.4) is 0 Å². The predicted molar refractivity (Wildman–Crippen MR) is 67.8 cm³/mol. The van der Waals surface area contributed by atoms with Crippen molar-refractivity contribution in [1.29, 1.82) is 0 Å². The quantitative estimate of drug-likeness (QED) is 0.827.